The van der Waals surface area contributed by atoms with Crippen molar-refractivity contribution in [3.8, 4) is 18.1 Å². The molecule has 0 spiro atoms. The molecular weight excluding hydrogens is 456 g/mol. The Balaban J connectivity index is 3.02. The molecule has 4 heteroatoms. The Kier molecular flexibility index (Phi) is 8.51. The van der Waals surface area contributed by atoms with E-state index in [1.54, 1.807) is 0 Å². The molecule has 0 fully saturated rings. The number of unbranched alkanes of at least 4 members (excludes halogenated alkanes) is 1. The Morgan fingerprint density at radius 3 is 2.36 bits per heavy atom. The number of hydrogen-bond acceptors (Lipinski definition) is 1. The third kappa shape index (κ3) is 6.31. The van der Waals surface area contributed by atoms with Gasteiger partial charge in [0.25, 0.3) is 8.32 Å². The maximum Gasteiger partial charge on any atom is 0.250 e. The van der Waals surface area contributed by atoms with Crippen LogP contribution in [0.4, 0.5) is 0 Å². The van der Waals surface area contributed by atoms with Gasteiger partial charge >= 0.3 is 0 Å². The molecule has 25 heavy (non-hydrogen) atoms. The molecule has 0 unspecified atom stereocenters. The third-order valence-corrected chi connectivity index (χ3v) is 10.6. The van der Waals surface area contributed by atoms with Gasteiger partial charge in [-0.15, -0.1) is 12.3 Å². The molecule has 1 nitrogen and oxygen atoms in total. The highest BCUT2D eigenvalue weighted by atomic mass is 79.9. The first kappa shape index (κ1) is 22.5. The molecule has 0 amide bonds. The molecule has 0 heterocycles. The van der Waals surface area contributed by atoms with Crippen LogP contribution in [0.3, 0.4) is 0 Å². The lowest BCUT2D eigenvalue weighted by atomic mass is 10.0. The molecule has 0 aromatic heterocycles. The van der Waals surface area contributed by atoms with Crippen molar-refractivity contribution in [1.82, 2.24) is 0 Å². The van der Waals surface area contributed by atoms with Crippen molar-refractivity contribution in [2.45, 2.75) is 71.5 Å². The van der Waals surface area contributed by atoms with Gasteiger partial charge < -0.3 is 4.43 Å². The number of rotatable bonds is 7. The average Bonchev–Trinajstić information content (AvgIpc) is 2.48. The number of allylic oxidation sites excluding steroid dienone is 2. The monoisotopic (exact) mass is 484 g/mol. The maximum absolute atomic E-state index is 6.59. The van der Waals surface area contributed by atoms with Crippen LogP contribution in [0.15, 0.2) is 27.2 Å². The van der Waals surface area contributed by atoms with Gasteiger partial charge in [-0.1, -0.05) is 32.9 Å². The molecule has 0 bridgehead atoms. The molecule has 138 valence electrons. The van der Waals surface area contributed by atoms with Gasteiger partial charge in [0, 0.05) is 6.42 Å². The summed E-state index contributed by atoms with van der Waals surface area (Å²) in [6.45, 7) is 13.5. The first-order valence-electron chi connectivity index (χ1n) is 8.76. The van der Waals surface area contributed by atoms with E-state index in [-0.39, 0.29) is 5.04 Å². The predicted molar refractivity (Wildman–Crippen MR) is 120 cm³/mol. The molecule has 0 saturated heterocycles. The van der Waals surface area contributed by atoms with Crippen molar-refractivity contribution in [2.75, 3.05) is 0 Å². The minimum Gasteiger partial charge on any atom is -0.542 e. The summed E-state index contributed by atoms with van der Waals surface area (Å²) in [5.41, 5.74) is 2.59. The largest absolute Gasteiger partial charge is 0.542 e. The zero-order chi connectivity index (χ0) is 19.3. The fourth-order valence-electron chi connectivity index (χ4n) is 2.20. The molecule has 0 N–H and O–H groups in total. The fraction of sp³-hybridized carbons (Fsp3) is 0.524. The molecule has 0 aliphatic carbocycles. The predicted octanol–water partition coefficient (Wildman–Crippen LogP) is 7.81. The van der Waals surface area contributed by atoms with Crippen molar-refractivity contribution < 1.29 is 4.43 Å². The maximum atomic E-state index is 6.59. The van der Waals surface area contributed by atoms with E-state index >= 15 is 0 Å². The molecule has 1 aromatic carbocycles. The first-order valence-corrected chi connectivity index (χ1v) is 13.3. The summed E-state index contributed by atoms with van der Waals surface area (Å²) in [7, 11) is -1.89. The van der Waals surface area contributed by atoms with Gasteiger partial charge in [-0.2, -0.15) is 0 Å². The summed E-state index contributed by atoms with van der Waals surface area (Å²) in [6.07, 6.45) is 13.4. The highest BCUT2D eigenvalue weighted by Crippen LogP contribution is 2.44. The number of halogens is 2. The SMILES string of the molecule is C#CCC/C=C\CCc1c(C)cc(Br)c(O[Si](C)(C)C(C)(C)C)c1Br. The topological polar surface area (TPSA) is 9.23 Å². The van der Waals surface area contributed by atoms with Gasteiger partial charge in [-0.25, -0.2) is 0 Å². The number of terminal acetylenes is 1. The van der Waals surface area contributed by atoms with Crippen molar-refractivity contribution >= 4 is 40.2 Å². The van der Waals surface area contributed by atoms with E-state index < -0.39 is 8.32 Å². The Hall–Kier alpha value is -0.503. The van der Waals surface area contributed by atoms with Crippen LogP contribution in [0.5, 0.6) is 5.75 Å². The molecule has 0 aliphatic heterocycles. The lowest BCUT2D eigenvalue weighted by Gasteiger charge is -2.37. The smallest absolute Gasteiger partial charge is 0.250 e. The van der Waals surface area contributed by atoms with Crippen LogP contribution in [0.25, 0.3) is 0 Å². The van der Waals surface area contributed by atoms with E-state index in [0.29, 0.717) is 0 Å². The summed E-state index contributed by atoms with van der Waals surface area (Å²) in [5.74, 6) is 3.61. The van der Waals surface area contributed by atoms with Crippen LogP contribution in [0, 0.1) is 19.3 Å². The van der Waals surface area contributed by atoms with Gasteiger partial charge in [-0.3, -0.25) is 0 Å². The second-order valence-corrected chi connectivity index (χ2v) is 14.3. The van der Waals surface area contributed by atoms with Gasteiger partial charge in [0.1, 0.15) is 5.75 Å². The second-order valence-electron chi connectivity index (χ2n) is 7.91. The minimum atomic E-state index is -1.89. The third-order valence-electron chi connectivity index (χ3n) is 4.85. The Labute approximate surface area is 172 Å². The lowest BCUT2D eigenvalue weighted by molar-refractivity contribution is 0.486. The van der Waals surface area contributed by atoms with Crippen molar-refractivity contribution in [3.63, 3.8) is 0 Å². The second kappa shape index (κ2) is 9.44. The van der Waals surface area contributed by atoms with Crippen molar-refractivity contribution in [2.24, 2.45) is 0 Å². The number of benzene rings is 1. The van der Waals surface area contributed by atoms with Crippen LogP contribution in [0.1, 0.15) is 51.2 Å². The van der Waals surface area contributed by atoms with Crippen molar-refractivity contribution in [3.05, 3.63) is 38.3 Å². The van der Waals surface area contributed by atoms with Gasteiger partial charge in [0.05, 0.1) is 8.95 Å². The number of aryl methyl sites for hydroxylation is 1. The molecular formula is C21H30Br2OSi. The molecule has 0 aliphatic rings. The van der Waals surface area contributed by atoms with E-state index in [0.717, 1.165) is 40.4 Å². The summed E-state index contributed by atoms with van der Waals surface area (Å²) in [4.78, 5) is 0. The molecule has 1 aromatic rings. The Bertz CT molecular complexity index is 664. The van der Waals surface area contributed by atoms with Crippen LogP contribution in [-0.4, -0.2) is 8.32 Å². The average molecular weight is 486 g/mol. The van der Waals surface area contributed by atoms with Gasteiger partial charge in [0.2, 0.25) is 0 Å². The Morgan fingerprint density at radius 1 is 1.20 bits per heavy atom. The molecule has 1 rings (SSSR count). The quantitative estimate of drug-likeness (QED) is 0.165. The molecule has 0 radical (unpaired) electrons. The zero-order valence-corrected chi connectivity index (χ0v) is 20.5. The molecule has 0 atom stereocenters. The van der Waals surface area contributed by atoms with Crippen LogP contribution in [0.2, 0.25) is 18.1 Å². The summed E-state index contributed by atoms with van der Waals surface area (Å²) < 4.78 is 8.70. The van der Waals surface area contributed by atoms with Gasteiger partial charge in [0.15, 0.2) is 0 Å². The van der Waals surface area contributed by atoms with Crippen LogP contribution in [-0.2, 0) is 6.42 Å². The summed E-state index contributed by atoms with van der Waals surface area (Å²) in [5, 5.41) is 0.163. The zero-order valence-electron chi connectivity index (χ0n) is 16.3. The van der Waals surface area contributed by atoms with Crippen molar-refractivity contribution in [1.29, 1.82) is 0 Å². The number of hydrogen-bond donors (Lipinski definition) is 0. The summed E-state index contributed by atoms with van der Waals surface area (Å²) >= 11 is 7.51. The fourth-order valence-corrected chi connectivity index (χ4v) is 5.22. The van der Waals surface area contributed by atoms with Crippen LogP contribution >= 0.6 is 31.9 Å². The van der Waals surface area contributed by atoms with E-state index in [9.17, 15) is 0 Å². The normalized spacial score (nSPS) is 12.4. The highest BCUT2D eigenvalue weighted by Gasteiger charge is 2.40. The van der Waals surface area contributed by atoms with E-state index in [1.165, 1.54) is 11.1 Å². The summed E-state index contributed by atoms with van der Waals surface area (Å²) in [6, 6.07) is 2.17. The van der Waals surface area contributed by atoms with Crippen LogP contribution < -0.4 is 4.43 Å². The first-order chi connectivity index (χ1) is 11.5. The van der Waals surface area contributed by atoms with E-state index in [1.807, 2.05) is 0 Å². The molecule has 0 saturated carbocycles. The van der Waals surface area contributed by atoms with Gasteiger partial charge in [-0.05, 0) is 93.4 Å². The highest BCUT2D eigenvalue weighted by molar-refractivity contribution is 9.11. The Morgan fingerprint density at radius 2 is 1.80 bits per heavy atom. The standard InChI is InChI=1S/C21H30Br2OSi/c1-8-9-10-11-12-13-14-17-16(2)15-18(22)20(19(17)23)24-25(6,7)21(3,4)5/h1,11-12,15H,9-10,13-14H2,2-7H3/b12-11-. The van der Waals surface area contributed by atoms with E-state index in [2.05, 4.69) is 96.8 Å². The lowest BCUT2D eigenvalue weighted by Crippen LogP contribution is -2.44. The minimum absolute atomic E-state index is 0.163. The van der Waals surface area contributed by atoms with E-state index in [4.69, 9.17) is 10.8 Å².